The van der Waals surface area contributed by atoms with Crippen molar-refractivity contribution in [1.82, 2.24) is 5.32 Å². The van der Waals surface area contributed by atoms with Gasteiger partial charge in [0.15, 0.2) is 0 Å². The van der Waals surface area contributed by atoms with E-state index in [1.807, 2.05) is 12.1 Å². The number of nitrogens with one attached hydrogen (secondary N) is 1. The normalized spacial score (nSPS) is 22.4. The molecule has 4 nitrogen and oxygen atoms in total. The van der Waals surface area contributed by atoms with Crippen LogP contribution >= 0.6 is 0 Å². The summed E-state index contributed by atoms with van der Waals surface area (Å²) in [7, 11) is 0. The van der Waals surface area contributed by atoms with Crippen LogP contribution in [0.25, 0.3) is 11.0 Å². The largest absolute Gasteiger partial charge is 0.478 e. The molecular formula is C15H17NO3. The van der Waals surface area contributed by atoms with Crippen molar-refractivity contribution in [3.8, 4) is 0 Å². The summed E-state index contributed by atoms with van der Waals surface area (Å²) in [6.07, 6.45) is 2.31. The molecule has 0 aliphatic heterocycles. The first kappa shape index (κ1) is 12.2. The van der Waals surface area contributed by atoms with Gasteiger partial charge in [0.05, 0.1) is 6.54 Å². The maximum absolute atomic E-state index is 11.4. The van der Waals surface area contributed by atoms with Gasteiger partial charge in [-0.25, -0.2) is 4.79 Å². The van der Waals surface area contributed by atoms with Crippen molar-refractivity contribution < 1.29 is 14.3 Å². The summed E-state index contributed by atoms with van der Waals surface area (Å²) in [5.41, 5.74) is 0.925. The van der Waals surface area contributed by atoms with Crippen LogP contribution < -0.4 is 5.32 Å². The van der Waals surface area contributed by atoms with E-state index < -0.39 is 5.97 Å². The Labute approximate surface area is 111 Å². The molecule has 2 N–H and O–H groups in total. The van der Waals surface area contributed by atoms with Crippen LogP contribution in [-0.4, -0.2) is 17.1 Å². The van der Waals surface area contributed by atoms with Crippen LogP contribution in [0, 0.1) is 5.92 Å². The third-order valence-corrected chi connectivity index (χ3v) is 3.81. The van der Waals surface area contributed by atoms with E-state index in [4.69, 9.17) is 4.42 Å². The molecule has 0 spiro atoms. The van der Waals surface area contributed by atoms with Gasteiger partial charge in [0, 0.05) is 11.4 Å². The predicted molar refractivity (Wildman–Crippen MR) is 72.2 cm³/mol. The van der Waals surface area contributed by atoms with Gasteiger partial charge in [-0.15, -0.1) is 0 Å². The molecule has 0 unspecified atom stereocenters. The smallest absolute Gasteiger partial charge is 0.339 e. The molecule has 1 heterocycles. The molecule has 1 saturated carbocycles. The first-order chi connectivity index (χ1) is 9.15. The molecule has 1 aliphatic carbocycles. The number of hydrogen-bond acceptors (Lipinski definition) is 3. The van der Waals surface area contributed by atoms with Crippen molar-refractivity contribution in [1.29, 1.82) is 0 Å². The number of furan rings is 1. The molecule has 1 aromatic carbocycles. The first-order valence-electron chi connectivity index (χ1n) is 6.62. The van der Waals surface area contributed by atoms with Crippen LogP contribution in [0.3, 0.4) is 0 Å². The Balaban J connectivity index is 1.85. The molecule has 3 rings (SSSR count). The zero-order valence-electron chi connectivity index (χ0n) is 10.8. The molecule has 2 aromatic rings. The van der Waals surface area contributed by atoms with Gasteiger partial charge in [0.2, 0.25) is 0 Å². The Kier molecular flexibility index (Phi) is 3.03. The van der Waals surface area contributed by atoms with Crippen LogP contribution in [0.15, 0.2) is 28.7 Å². The van der Waals surface area contributed by atoms with E-state index in [0.717, 1.165) is 18.8 Å². The lowest BCUT2D eigenvalue weighted by Gasteiger charge is -2.33. The van der Waals surface area contributed by atoms with Gasteiger partial charge >= 0.3 is 5.97 Å². The zero-order chi connectivity index (χ0) is 13.4. The molecule has 0 radical (unpaired) electrons. The summed E-state index contributed by atoms with van der Waals surface area (Å²) in [5.74, 6) is 0.365. The van der Waals surface area contributed by atoms with Gasteiger partial charge < -0.3 is 14.8 Å². The molecule has 1 fully saturated rings. The van der Waals surface area contributed by atoms with Crippen molar-refractivity contribution in [2.45, 2.75) is 32.4 Å². The molecule has 0 atom stereocenters. The fourth-order valence-electron chi connectivity index (χ4n) is 2.76. The summed E-state index contributed by atoms with van der Waals surface area (Å²) in [4.78, 5) is 11.4. The van der Waals surface area contributed by atoms with Crippen molar-refractivity contribution in [3.05, 3.63) is 35.6 Å². The Morgan fingerprint density at radius 1 is 1.42 bits per heavy atom. The van der Waals surface area contributed by atoms with E-state index in [1.54, 1.807) is 12.1 Å². The standard InChI is InChI=1S/C15H17NO3/c1-9-6-10(7-9)16-8-13-14(15(17)18)11-4-2-3-5-12(11)19-13/h2-5,9-10,16H,6-8H2,1H3,(H,17,18). The molecule has 0 bridgehead atoms. The third kappa shape index (κ3) is 2.24. The molecule has 1 aromatic heterocycles. The Hall–Kier alpha value is -1.81. The van der Waals surface area contributed by atoms with Crippen molar-refractivity contribution >= 4 is 16.9 Å². The maximum Gasteiger partial charge on any atom is 0.339 e. The molecule has 19 heavy (non-hydrogen) atoms. The van der Waals surface area contributed by atoms with Gasteiger partial charge in [-0.1, -0.05) is 25.1 Å². The maximum atomic E-state index is 11.4. The van der Waals surface area contributed by atoms with Gasteiger partial charge in [-0.2, -0.15) is 0 Å². The minimum absolute atomic E-state index is 0.287. The highest BCUT2D eigenvalue weighted by Gasteiger charge is 2.26. The second kappa shape index (κ2) is 4.70. The van der Waals surface area contributed by atoms with E-state index in [2.05, 4.69) is 12.2 Å². The van der Waals surface area contributed by atoms with Crippen LogP contribution in [0.4, 0.5) is 0 Å². The van der Waals surface area contributed by atoms with Gasteiger partial charge in [0.1, 0.15) is 16.9 Å². The summed E-state index contributed by atoms with van der Waals surface area (Å²) in [6.45, 7) is 2.70. The monoisotopic (exact) mass is 259 g/mol. The first-order valence-corrected chi connectivity index (χ1v) is 6.62. The Morgan fingerprint density at radius 2 is 2.16 bits per heavy atom. The number of carboxylic acid groups (broad SMARTS) is 1. The van der Waals surface area contributed by atoms with E-state index >= 15 is 0 Å². The molecule has 100 valence electrons. The average Bonchev–Trinajstić information content (AvgIpc) is 2.71. The van der Waals surface area contributed by atoms with Crippen molar-refractivity contribution in [2.75, 3.05) is 0 Å². The zero-order valence-corrected chi connectivity index (χ0v) is 10.8. The summed E-state index contributed by atoms with van der Waals surface area (Å²) in [6, 6.07) is 7.76. The topological polar surface area (TPSA) is 62.5 Å². The lowest BCUT2D eigenvalue weighted by atomic mass is 9.82. The minimum Gasteiger partial charge on any atom is -0.478 e. The average molecular weight is 259 g/mol. The Morgan fingerprint density at radius 3 is 2.84 bits per heavy atom. The summed E-state index contributed by atoms with van der Waals surface area (Å²) < 4.78 is 5.66. The second-order valence-corrected chi connectivity index (χ2v) is 5.36. The predicted octanol–water partition coefficient (Wildman–Crippen LogP) is 3.02. The van der Waals surface area contributed by atoms with Gasteiger partial charge in [-0.05, 0) is 24.8 Å². The van der Waals surface area contributed by atoms with E-state index in [9.17, 15) is 9.90 Å². The lowest BCUT2D eigenvalue weighted by molar-refractivity contribution is 0.0695. The van der Waals surface area contributed by atoms with Crippen LogP contribution in [0.2, 0.25) is 0 Å². The molecule has 1 aliphatic rings. The number of carboxylic acids is 1. The number of benzene rings is 1. The lowest BCUT2D eigenvalue weighted by Crippen LogP contribution is -2.39. The highest BCUT2D eigenvalue weighted by molar-refractivity contribution is 6.03. The summed E-state index contributed by atoms with van der Waals surface area (Å²) in [5, 5.41) is 13.4. The number of aromatic carboxylic acids is 1. The van der Waals surface area contributed by atoms with E-state index in [0.29, 0.717) is 29.3 Å². The molecule has 4 heteroatoms. The van der Waals surface area contributed by atoms with Crippen molar-refractivity contribution in [3.63, 3.8) is 0 Å². The van der Waals surface area contributed by atoms with Crippen LogP contribution in [-0.2, 0) is 6.54 Å². The second-order valence-electron chi connectivity index (χ2n) is 5.36. The number of hydrogen-bond donors (Lipinski definition) is 2. The molecule has 0 saturated heterocycles. The number of para-hydroxylation sites is 1. The minimum atomic E-state index is -0.927. The van der Waals surface area contributed by atoms with Crippen LogP contribution in [0.5, 0.6) is 0 Å². The molecular weight excluding hydrogens is 242 g/mol. The third-order valence-electron chi connectivity index (χ3n) is 3.81. The quantitative estimate of drug-likeness (QED) is 0.886. The fourth-order valence-corrected chi connectivity index (χ4v) is 2.76. The molecule has 0 amide bonds. The number of rotatable bonds is 4. The summed E-state index contributed by atoms with van der Waals surface area (Å²) >= 11 is 0. The highest BCUT2D eigenvalue weighted by Crippen LogP contribution is 2.29. The van der Waals surface area contributed by atoms with Crippen LogP contribution in [0.1, 0.15) is 35.9 Å². The SMILES string of the molecule is CC1CC(NCc2oc3ccccc3c2C(=O)O)C1. The van der Waals surface area contributed by atoms with E-state index in [-0.39, 0.29) is 5.56 Å². The fraction of sp³-hybridized carbons (Fsp3) is 0.400. The van der Waals surface area contributed by atoms with Gasteiger partial charge in [0.25, 0.3) is 0 Å². The number of fused-ring (bicyclic) bond motifs is 1. The Bertz CT molecular complexity index is 611. The van der Waals surface area contributed by atoms with E-state index in [1.165, 1.54) is 0 Å². The van der Waals surface area contributed by atoms with Gasteiger partial charge in [-0.3, -0.25) is 0 Å². The highest BCUT2D eigenvalue weighted by atomic mass is 16.4. The van der Waals surface area contributed by atoms with Crippen molar-refractivity contribution in [2.24, 2.45) is 5.92 Å². The number of carbonyl (C=O) groups is 1.